The lowest BCUT2D eigenvalue weighted by Gasteiger charge is -2.20. The van der Waals surface area contributed by atoms with Crippen molar-refractivity contribution in [1.29, 1.82) is 0 Å². The summed E-state index contributed by atoms with van der Waals surface area (Å²) in [6.07, 6.45) is -1.38. The third-order valence-corrected chi connectivity index (χ3v) is 3.33. The smallest absolute Gasteiger partial charge is 0.293 e. The number of anilines is 1. The third kappa shape index (κ3) is 1.95. The number of halogens is 1. The van der Waals surface area contributed by atoms with Gasteiger partial charge in [0.05, 0.1) is 4.92 Å². The highest BCUT2D eigenvalue weighted by Gasteiger charge is 2.39. The predicted octanol–water partition coefficient (Wildman–Crippen LogP) is 2.39. The fourth-order valence-electron chi connectivity index (χ4n) is 2.38. The van der Waals surface area contributed by atoms with Crippen molar-refractivity contribution in [2.75, 3.05) is 4.90 Å². The first-order valence-electron chi connectivity index (χ1n) is 6.05. The molecule has 3 rings (SSSR count). The number of fused-ring (bicyclic) bond motifs is 1. The number of nitro benzene ring substituents is 1. The Kier molecular flexibility index (Phi) is 2.91. The van der Waals surface area contributed by atoms with Crippen LogP contribution in [0, 0.1) is 15.9 Å². The summed E-state index contributed by atoms with van der Waals surface area (Å²) in [4.78, 5) is 23.5. The Morgan fingerprint density at radius 3 is 2.62 bits per heavy atom. The van der Waals surface area contributed by atoms with Gasteiger partial charge in [0, 0.05) is 23.3 Å². The molecule has 21 heavy (non-hydrogen) atoms. The zero-order valence-electron chi connectivity index (χ0n) is 10.6. The molecule has 1 aliphatic heterocycles. The van der Waals surface area contributed by atoms with Crippen LogP contribution in [-0.4, -0.2) is 15.9 Å². The number of nitrogens with zero attached hydrogens (tertiary/aromatic N) is 2. The molecule has 0 bridgehead atoms. The molecule has 2 aromatic rings. The molecular formula is C14H9FN2O4. The molecule has 0 saturated carbocycles. The number of nitro groups is 1. The van der Waals surface area contributed by atoms with E-state index < -0.39 is 28.6 Å². The Labute approximate surface area is 118 Å². The van der Waals surface area contributed by atoms with Crippen molar-refractivity contribution < 1.29 is 19.2 Å². The molecule has 0 saturated heterocycles. The van der Waals surface area contributed by atoms with E-state index in [-0.39, 0.29) is 11.3 Å². The average molecular weight is 288 g/mol. The molecule has 7 heteroatoms. The van der Waals surface area contributed by atoms with Gasteiger partial charge in [-0.1, -0.05) is 18.2 Å². The van der Waals surface area contributed by atoms with Gasteiger partial charge in [0.1, 0.15) is 11.5 Å². The summed E-state index contributed by atoms with van der Waals surface area (Å²) >= 11 is 0. The van der Waals surface area contributed by atoms with Crippen molar-refractivity contribution in [2.45, 2.75) is 6.23 Å². The van der Waals surface area contributed by atoms with E-state index in [0.717, 1.165) is 23.1 Å². The minimum atomic E-state index is -1.38. The maximum absolute atomic E-state index is 13.4. The minimum Gasteiger partial charge on any atom is -0.369 e. The summed E-state index contributed by atoms with van der Waals surface area (Å²) in [7, 11) is 0. The Hall–Kier alpha value is -2.80. The second kappa shape index (κ2) is 4.64. The van der Waals surface area contributed by atoms with E-state index in [4.69, 9.17) is 0 Å². The van der Waals surface area contributed by atoms with Gasteiger partial charge in [-0.3, -0.25) is 19.8 Å². The van der Waals surface area contributed by atoms with Crippen LogP contribution in [0.1, 0.15) is 22.1 Å². The molecule has 0 aliphatic carbocycles. The normalized spacial score (nSPS) is 17.0. The maximum Gasteiger partial charge on any atom is 0.293 e. The molecule has 0 aromatic heterocycles. The van der Waals surface area contributed by atoms with E-state index >= 15 is 0 Å². The topological polar surface area (TPSA) is 83.7 Å². The summed E-state index contributed by atoms with van der Waals surface area (Å²) in [5.41, 5.74) is -0.144. The number of aliphatic hydroxyl groups is 1. The Morgan fingerprint density at radius 2 is 1.95 bits per heavy atom. The second-order valence-corrected chi connectivity index (χ2v) is 4.53. The van der Waals surface area contributed by atoms with E-state index in [2.05, 4.69) is 0 Å². The first-order valence-corrected chi connectivity index (χ1v) is 6.05. The minimum absolute atomic E-state index is 0.239. The number of hydrogen-bond acceptors (Lipinski definition) is 4. The molecule has 0 fully saturated rings. The summed E-state index contributed by atoms with van der Waals surface area (Å²) in [6, 6.07) is 9.07. The highest BCUT2D eigenvalue weighted by Crippen LogP contribution is 2.40. The summed E-state index contributed by atoms with van der Waals surface area (Å²) in [5, 5.41) is 21.3. The van der Waals surface area contributed by atoms with Crippen LogP contribution < -0.4 is 4.90 Å². The molecule has 0 spiro atoms. The molecule has 106 valence electrons. The molecule has 1 aliphatic rings. The zero-order chi connectivity index (χ0) is 15.1. The van der Waals surface area contributed by atoms with Crippen LogP contribution in [0.3, 0.4) is 0 Å². The summed E-state index contributed by atoms with van der Waals surface area (Å²) in [6.45, 7) is 0. The Morgan fingerprint density at radius 1 is 1.24 bits per heavy atom. The van der Waals surface area contributed by atoms with E-state index in [1.165, 1.54) is 6.07 Å². The first-order chi connectivity index (χ1) is 10.0. The monoisotopic (exact) mass is 288 g/mol. The van der Waals surface area contributed by atoms with Crippen LogP contribution in [0.25, 0.3) is 0 Å². The first kappa shape index (κ1) is 13.2. The van der Waals surface area contributed by atoms with Gasteiger partial charge in [-0.15, -0.1) is 0 Å². The van der Waals surface area contributed by atoms with Crippen LogP contribution in [0.2, 0.25) is 0 Å². The van der Waals surface area contributed by atoms with Crippen LogP contribution in [0.5, 0.6) is 0 Å². The second-order valence-electron chi connectivity index (χ2n) is 4.53. The molecule has 1 unspecified atom stereocenters. The van der Waals surface area contributed by atoms with Crippen LogP contribution >= 0.6 is 0 Å². The number of benzene rings is 2. The van der Waals surface area contributed by atoms with Crippen molar-refractivity contribution in [3.8, 4) is 0 Å². The number of hydrogen-bond donors (Lipinski definition) is 1. The van der Waals surface area contributed by atoms with Gasteiger partial charge in [-0.25, -0.2) is 4.39 Å². The molecule has 0 radical (unpaired) electrons. The highest BCUT2D eigenvalue weighted by molar-refractivity contribution is 6.11. The quantitative estimate of drug-likeness (QED) is 0.679. The number of rotatable bonds is 2. The van der Waals surface area contributed by atoms with Crippen molar-refractivity contribution in [2.24, 2.45) is 0 Å². The van der Waals surface area contributed by atoms with E-state index in [1.54, 1.807) is 18.2 Å². The number of aliphatic hydroxyl groups excluding tert-OH is 1. The van der Waals surface area contributed by atoms with Gasteiger partial charge in [-0.2, -0.15) is 0 Å². The number of carbonyl (C=O) groups is 1. The van der Waals surface area contributed by atoms with Gasteiger partial charge in [0.2, 0.25) is 0 Å². The van der Waals surface area contributed by atoms with Crippen molar-refractivity contribution >= 4 is 17.3 Å². The number of carbonyl (C=O) groups excluding carboxylic acids is 1. The predicted molar refractivity (Wildman–Crippen MR) is 71.3 cm³/mol. The molecule has 2 aromatic carbocycles. The van der Waals surface area contributed by atoms with E-state index in [1.807, 2.05) is 0 Å². The fourth-order valence-corrected chi connectivity index (χ4v) is 2.38. The molecule has 1 atom stereocenters. The van der Waals surface area contributed by atoms with Crippen LogP contribution in [0.4, 0.5) is 15.8 Å². The average Bonchev–Trinajstić information content (AvgIpc) is 2.71. The highest BCUT2D eigenvalue weighted by atomic mass is 19.1. The zero-order valence-corrected chi connectivity index (χ0v) is 10.6. The lowest BCUT2D eigenvalue weighted by atomic mass is 10.1. The van der Waals surface area contributed by atoms with Gasteiger partial charge < -0.3 is 5.11 Å². The lowest BCUT2D eigenvalue weighted by Crippen LogP contribution is -2.28. The molecule has 6 nitrogen and oxygen atoms in total. The van der Waals surface area contributed by atoms with Crippen LogP contribution in [0.15, 0.2) is 42.5 Å². The van der Waals surface area contributed by atoms with Gasteiger partial charge in [-0.05, 0) is 12.1 Å². The van der Waals surface area contributed by atoms with Crippen molar-refractivity contribution in [3.63, 3.8) is 0 Å². The van der Waals surface area contributed by atoms with E-state index in [9.17, 15) is 24.4 Å². The summed E-state index contributed by atoms with van der Waals surface area (Å²) < 4.78 is 13.4. The molecular weight excluding hydrogens is 279 g/mol. The molecule has 1 N–H and O–H groups in total. The van der Waals surface area contributed by atoms with Crippen LogP contribution in [-0.2, 0) is 0 Å². The maximum atomic E-state index is 13.4. The third-order valence-electron chi connectivity index (χ3n) is 3.33. The van der Waals surface area contributed by atoms with Crippen molar-refractivity contribution in [3.05, 3.63) is 69.5 Å². The van der Waals surface area contributed by atoms with Gasteiger partial charge >= 0.3 is 0 Å². The standard InChI is InChI=1S/C14H9FN2O4/c15-8-5-6-11(17(20)21)12(7-8)16-13(18)9-3-1-2-4-10(9)14(16)19/h1-7,13,18H. The number of amides is 1. The lowest BCUT2D eigenvalue weighted by molar-refractivity contribution is -0.384. The fraction of sp³-hybridized carbons (Fsp3) is 0.0714. The van der Waals surface area contributed by atoms with Gasteiger partial charge in [0.25, 0.3) is 11.6 Å². The molecule has 1 heterocycles. The van der Waals surface area contributed by atoms with Crippen molar-refractivity contribution in [1.82, 2.24) is 0 Å². The summed E-state index contributed by atoms with van der Waals surface area (Å²) in [5.74, 6) is -1.33. The Bertz CT molecular complexity index is 762. The molecule has 1 amide bonds. The van der Waals surface area contributed by atoms with Gasteiger partial charge in [0.15, 0.2) is 6.23 Å². The Balaban J connectivity index is 2.17. The SMILES string of the molecule is O=C1c2ccccc2C(O)N1c1cc(F)ccc1[N+](=O)[O-]. The van der Waals surface area contributed by atoms with E-state index in [0.29, 0.717) is 5.56 Å². The largest absolute Gasteiger partial charge is 0.369 e.